The molecule has 4 atom stereocenters. The maximum absolute atomic E-state index is 13.0. The number of rotatable bonds is 3. The first kappa shape index (κ1) is 19.7. The van der Waals surface area contributed by atoms with Crippen molar-refractivity contribution < 1.29 is 9.59 Å². The van der Waals surface area contributed by atoms with E-state index in [4.69, 9.17) is 0 Å². The number of amides is 2. The van der Waals surface area contributed by atoms with E-state index in [1.807, 2.05) is 37.4 Å². The molecule has 6 heteroatoms. The number of carbonyl (C=O) groups excluding carboxylic acids is 2. The summed E-state index contributed by atoms with van der Waals surface area (Å²) in [6.07, 6.45) is 3.15. The molecule has 2 fully saturated rings. The lowest BCUT2D eigenvalue weighted by atomic mass is 9.83. The Labute approximate surface area is 155 Å². The molecule has 2 aliphatic rings. The average molecular weight is 366 g/mol. The van der Waals surface area contributed by atoms with E-state index in [1.54, 1.807) is 4.90 Å². The molecule has 0 bridgehead atoms. The molecule has 25 heavy (non-hydrogen) atoms. The van der Waals surface area contributed by atoms with Crippen LogP contribution in [0.4, 0.5) is 0 Å². The zero-order valence-corrected chi connectivity index (χ0v) is 15.7. The van der Waals surface area contributed by atoms with Crippen molar-refractivity contribution in [3.8, 4) is 0 Å². The molecular formula is C19H28ClN3O2. The van der Waals surface area contributed by atoms with Crippen molar-refractivity contribution in [2.75, 3.05) is 13.6 Å². The SMILES string of the molecule is CC1NCCCC1NC(=O)C1CCC(=O)N(C)C1c1ccccc1.Cl. The van der Waals surface area contributed by atoms with Gasteiger partial charge in [0.15, 0.2) is 0 Å². The molecule has 1 aromatic rings. The minimum absolute atomic E-state index is 0. The predicted octanol–water partition coefficient (Wildman–Crippen LogP) is 2.27. The van der Waals surface area contributed by atoms with Gasteiger partial charge in [-0.05, 0) is 38.3 Å². The lowest BCUT2D eigenvalue weighted by Crippen LogP contribution is -2.55. The Balaban J connectivity index is 0.00000225. The third kappa shape index (κ3) is 4.33. The molecule has 138 valence electrons. The number of carbonyl (C=O) groups is 2. The fourth-order valence-electron chi connectivity index (χ4n) is 3.95. The summed E-state index contributed by atoms with van der Waals surface area (Å²) in [5, 5.41) is 6.65. The van der Waals surface area contributed by atoms with Crippen molar-refractivity contribution in [2.24, 2.45) is 5.92 Å². The van der Waals surface area contributed by atoms with Gasteiger partial charge >= 0.3 is 0 Å². The maximum Gasteiger partial charge on any atom is 0.225 e. The van der Waals surface area contributed by atoms with Crippen LogP contribution in [0.25, 0.3) is 0 Å². The van der Waals surface area contributed by atoms with Crippen LogP contribution in [0.3, 0.4) is 0 Å². The Hall–Kier alpha value is -1.59. The molecule has 0 spiro atoms. The molecule has 0 saturated carbocycles. The van der Waals surface area contributed by atoms with Crippen molar-refractivity contribution in [3.63, 3.8) is 0 Å². The summed E-state index contributed by atoms with van der Waals surface area (Å²) in [4.78, 5) is 26.9. The molecule has 2 amide bonds. The zero-order chi connectivity index (χ0) is 17.1. The first-order valence-corrected chi connectivity index (χ1v) is 8.92. The van der Waals surface area contributed by atoms with Gasteiger partial charge in [-0.1, -0.05) is 30.3 Å². The fourth-order valence-corrected chi connectivity index (χ4v) is 3.95. The third-order valence-corrected chi connectivity index (χ3v) is 5.43. The summed E-state index contributed by atoms with van der Waals surface area (Å²) in [5.74, 6) is -0.00594. The van der Waals surface area contributed by atoms with Crippen molar-refractivity contribution >= 4 is 24.2 Å². The predicted molar refractivity (Wildman–Crippen MR) is 101 cm³/mol. The van der Waals surface area contributed by atoms with E-state index in [9.17, 15) is 9.59 Å². The Bertz CT molecular complexity index is 596. The van der Waals surface area contributed by atoms with E-state index >= 15 is 0 Å². The first-order valence-electron chi connectivity index (χ1n) is 8.92. The Kier molecular flexibility index (Phi) is 6.85. The number of nitrogens with one attached hydrogen (secondary N) is 2. The van der Waals surface area contributed by atoms with E-state index in [1.165, 1.54) is 0 Å². The fraction of sp³-hybridized carbons (Fsp3) is 0.579. The second-order valence-corrected chi connectivity index (χ2v) is 7.01. The molecule has 5 nitrogen and oxygen atoms in total. The molecule has 2 heterocycles. The number of hydrogen-bond acceptors (Lipinski definition) is 3. The largest absolute Gasteiger partial charge is 0.351 e. The van der Waals surface area contributed by atoms with Crippen LogP contribution in [0.5, 0.6) is 0 Å². The monoisotopic (exact) mass is 365 g/mol. The Morgan fingerprint density at radius 2 is 1.96 bits per heavy atom. The van der Waals surface area contributed by atoms with E-state index in [0.29, 0.717) is 18.9 Å². The number of likely N-dealkylation sites (tertiary alicyclic amines) is 1. The van der Waals surface area contributed by atoms with Crippen LogP contribution < -0.4 is 10.6 Å². The molecule has 2 aliphatic heterocycles. The number of benzene rings is 1. The van der Waals surface area contributed by atoms with Crippen LogP contribution >= 0.6 is 12.4 Å². The summed E-state index contributed by atoms with van der Waals surface area (Å²) in [5.41, 5.74) is 1.03. The van der Waals surface area contributed by atoms with Gasteiger partial charge in [-0.2, -0.15) is 0 Å². The lowest BCUT2D eigenvalue weighted by Gasteiger charge is -2.40. The third-order valence-electron chi connectivity index (χ3n) is 5.43. The quantitative estimate of drug-likeness (QED) is 0.863. The minimum atomic E-state index is -0.191. The summed E-state index contributed by atoms with van der Waals surface area (Å²) >= 11 is 0. The van der Waals surface area contributed by atoms with E-state index in [-0.39, 0.29) is 42.2 Å². The van der Waals surface area contributed by atoms with Crippen molar-refractivity contribution in [1.82, 2.24) is 15.5 Å². The number of halogens is 1. The highest BCUT2D eigenvalue weighted by Gasteiger charge is 2.39. The van der Waals surface area contributed by atoms with Gasteiger partial charge in [0.25, 0.3) is 0 Å². The van der Waals surface area contributed by atoms with E-state index < -0.39 is 0 Å². The molecule has 2 saturated heterocycles. The summed E-state index contributed by atoms with van der Waals surface area (Å²) in [6, 6.07) is 10.2. The van der Waals surface area contributed by atoms with Crippen LogP contribution in [0.15, 0.2) is 30.3 Å². The second-order valence-electron chi connectivity index (χ2n) is 7.01. The number of nitrogens with zero attached hydrogens (tertiary/aromatic N) is 1. The van der Waals surface area contributed by atoms with Crippen molar-refractivity contribution in [2.45, 2.75) is 50.7 Å². The number of piperidine rings is 2. The topological polar surface area (TPSA) is 61.4 Å². The summed E-state index contributed by atoms with van der Waals surface area (Å²) in [7, 11) is 1.81. The molecule has 2 N–H and O–H groups in total. The average Bonchev–Trinajstić information content (AvgIpc) is 2.60. The first-order chi connectivity index (χ1) is 11.6. The molecule has 3 rings (SSSR count). The van der Waals surface area contributed by atoms with Gasteiger partial charge in [-0.15, -0.1) is 12.4 Å². The van der Waals surface area contributed by atoms with Gasteiger partial charge in [0.1, 0.15) is 0 Å². The van der Waals surface area contributed by atoms with Crippen molar-refractivity contribution in [1.29, 1.82) is 0 Å². The van der Waals surface area contributed by atoms with Gasteiger partial charge in [0.2, 0.25) is 11.8 Å². The Morgan fingerprint density at radius 3 is 2.64 bits per heavy atom. The van der Waals surface area contributed by atoms with E-state index in [0.717, 1.165) is 24.9 Å². The van der Waals surface area contributed by atoms with Gasteiger partial charge in [-0.3, -0.25) is 9.59 Å². The summed E-state index contributed by atoms with van der Waals surface area (Å²) < 4.78 is 0. The van der Waals surface area contributed by atoms with Crippen LogP contribution in [-0.2, 0) is 9.59 Å². The molecule has 0 aliphatic carbocycles. The van der Waals surface area contributed by atoms with Gasteiger partial charge in [0.05, 0.1) is 12.0 Å². The highest BCUT2D eigenvalue weighted by atomic mass is 35.5. The van der Waals surface area contributed by atoms with Crippen LogP contribution in [0.1, 0.15) is 44.2 Å². The Morgan fingerprint density at radius 1 is 1.24 bits per heavy atom. The highest BCUT2D eigenvalue weighted by molar-refractivity contribution is 5.85. The van der Waals surface area contributed by atoms with Gasteiger partial charge in [0, 0.05) is 25.6 Å². The molecular weight excluding hydrogens is 338 g/mol. The van der Waals surface area contributed by atoms with Gasteiger partial charge < -0.3 is 15.5 Å². The maximum atomic E-state index is 13.0. The smallest absolute Gasteiger partial charge is 0.225 e. The van der Waals surface area contributed by atoms with Crippen LogP contribution in [0, 0.1) is 5.92 Å². The van der Waals surface area contributed by atoms with Crippen LogP contribution in [-0.4, -0.2) is 42.4 Å². The second kappa shape index (κ2) is 8.68. The van der Waals surface area contributed by atoms with Crippen molar-refractivity contribution in [3.05, 3.63) is 35.9 Å². The van der Waals surface area contributed by atoms with Crippen LogP contribution in [0.2, 0.25) is 0 Å². The molecule has 1 aromatic carbocycles. The molecule has 0 aromatic heterocycles. The summed E-state index contributed by atoms with van der Waals surface area (Å²) in [6.45, 7) is 3.14. The molecule has 4 unspecified atom stereocenters. The minimum Gasteiger partial charge on any atom is -0.351 e. The molecule has 0 radical (unpaired) electrons. The number of hydrogen-bond donors (Lipinski definition) is 2. The normalized spacial score (nSPS) is 29.7. The standard InChI is InChI=1S/C19H27N3O2.ClH/c1-13-16(9-6-12-20-13)21-19(24)15-10-11-17(23)22(2)18(15)14-7-4-3-5-8-14;/h3-5,7-8,13,15-16,18,20H,6,9-12H2,1-2H3,(H,21,24);1H. The lowest BCUT2D eigenvalue weighted by molar-refractivity contribution is -0.142. The van der Waals surface area contributed by atoms with Gasteiger partial charge in [-0.25, -0.2) is 0 Å². The highest BCUT2D eigenvalue weighted by Crippen LogP contribution is 2.36. The zero-order valence-electron chi connectivity index (χ0n) is 14.9. The van der Waals surface area contributed by atoms with E-state index in [2.05, 4.69) is 17.6 Å².